The van der Waals surface area contributed by atoms with Gasteiger partial charge in [-0.05, 0) is 13.0 Å². The SMILES string of the molecule is Cc1cc(-c2nsnc2Cl)cs1. The maximum atomic E-state index is 5.83. The number of rotatable bonds is 1. The average molecular weight is 217 g/mol. The van der Waals surface area contributed by atoms with Crippen molar-refractivity contribution in [3.05, 3.63) is 21.5 Å². The Morgan fingerprint density at radius 3 is 2.75 bits per heavy atom. The van der Waals surface area contributed by atoms with Crippen LogP contribution in [-0.2, 0) is 0 Å². The van der Waals surface area contributed by atoms with E-state index in [-0.39, 0.29) is 0 Å². The summed E-state index contributed by atoms with van der Waals surface area (Å²) < 4.78 is 8.01. The van der Waals surface area contributed by atoms with Crippen LogP contribution >= 0.6 is 34.7 Å². The monoisotopic (exact) mass is 216 g/mol. The highest BCUT2D eigenvalue weighted by Gasteiger charge is 2.08. The van der Waals surface area contributed by atoms with Crippen LogP contribution in [0.2, 0.25) is 5.15 Å². The topological polar surface area (TPSA) is 25.8 Å². The maximum Gasteiger partial charge on any atom is 0.170 e. The van der Waals surface area contributed by atoms with Crippen LogP contribution < -0.4 is 0 Å². The molecule has 2 nitrogen and oxygen atoms in total. The Bertz CT molecular complexity index is 394. The first-order chi connectivity index (χ1) is 5.77. The van der Waals surface area contributed by atoms with Crippen LogP contribution in [0.4, 0.5) is 0 Å². The number of aryl methyl sites for hydroxylation is 1. The average Bonchev–Trinajstić information content (AvgIpc) is 2.58. The van der Waals surface area contributed by atoms with E-state index in [9.17, 15) is 0 Å². The lowest BCUT2D eigenvalue weighted by Gasteiger charge is -1.87. The molecular weight excluding hydrogens is 212 g/mol. The molecule has 0 bridgehead atoms. The molecule has 0 saturated heterocycles. The van der Waals surface area contributed by atoms with Crippen LogP contribution in [0.3, 0.4) is 0 Å². The van der Waals surface area contributed by atoms with Crippen molar-refractivity contribution in [1.82, 2.24) is 8.75 Å². The molecule has 0 fully saturated rings. The second-order valence-corrected chi connectivity index (χ2v) is 4.35. The van der Waals surface area contributed by atoms with Gasteiger partial charge in [-0.2, -0.15) is 8.75 Å². The summed E-state index contributed by atoms with van der Waals surface area (Å²) in [6.45, 7) is 2.06. The molecule has 2 rings (SSSR count). The fourth-order valence-corrected chi connectivity index (χ4v) is 2.37. The Balaban J connectivity index is 2.50. The normalized spacial score (nSPS) is 10.5. The number of halogens is 1. The van der Waals surface area contributed by atoms with Crippen LogP contribution in [0, 0.1) is 6.92 Å². The van der Waals surface area contributed by atoms with Crippen molar-refractivity contribution >= 4 is 34.7 Å². The summed E-state index contributed by atoms with van der Waals surface area (Å²) >= 11 is 8.66. The minimum Gasteiger partial charge on any atom is -0.171 e. The molecule has 0 N–H and O–H groups in total. The minimum absolute atomic E-state index is 0.498. The van der Waals surface area contributed by atoms with Crippen molar-refractivity contribution in [2.24, 2.45) is 0 Å². The molecule has 0 saturated carbocycles. The number of aromatic nitrogens is 2. The van der Waals surface area contributed by atoms with Crippen molar-refractivity contribution < 1.29 is 0 Å². The molecule has 0 aliphatic carbocycles. The van der Waals surface area contributed by atoms with Crippen molar-refractivity contribution in [3.63, 3.8) is 0 Å². The Kier molecular flexibility index (Phi) is 2.12. The molecule has 2 aromatic heterocycles. The van der Waals surface area contributed by atoms with E-state index in [4.69, 9.17) is 11.6 Å². The van der Waals surface area contributed by atoms with Crippen LogP contribution in [0.25, 0.3) is 11.3 Å². The molecule has 0 spiro atoms. The standard InChI is InChI=1S/C7H5ClN2S2/c1-4-2-5(3-11-4)6-7(8)10-12-9-6/h2-3H,1H3. The first-order valence-corrected chi connectivity index (χ1v) is 5.30. The highest BCUT2D eigenvalue weighted by molar-refractivity contribution is 7.10. The Morgan fingerprint density at radius 2 is 2.25 bits per heavy atom. The van der Waals surface area contributed by atoms with E-state index in [2.05, 4.69) is 21.7 Å². The van der Waals surface area contributed by atoms with Gasteiger partial charge in [0.1, 0.15) is 5.69 Å². The predicted molar refractivity (Wildman–Crippen MR) is 53.0 cm³/mol. The number of nitrogens with zero attached hydrogens (tertiary/aromatic N) is 2. The molecule has 2 aromatic rings. The first-order valence-electron chi connectivity index (χ1n) is 3.31. The molecule has 62 valence electrons. The van der Waals surface area contributed by atoms with Crippen LogP contribution in [-0.4, -0.2) is 8.75 Å². The third kappa shape index (κ3) is 1.37. The minimum atomic E-state index is 0.498. The summed E-state index contributed by atoms with van der Waals surface area (Å²) in [5.41, 5.74) is 1.86. The molecule has 0 aromatic carbocycles. The second-order valence-electron chi connectivity index (χ2n) is 2.35. The number of hydrogen-bond acceptors (Lipinski definition) is 4. The molecule has 0 amide bonds. The number of thiophene rings is 1. The largest absolute Gasteiger partial charge is 0.171 e. The summed E-state index contributed by atoms with van der Waals surface area (Å²) in [7, 11) is 0. The van der Waals surface area contributed by atoms with Gasteiger partial charge < -0.3 is 0 Å². The third-order valence-corrected chi connectivity index (χ3v) is 3.21. The van der Waals surface area contributed by atoms with E-state index in [1.807, 2.05) is 5.38 Å². The van der Waals surface area contributed by atoms with Gasteiger partial charge in [0.2, 0.25) is 0 Å². The zero-order valence-corrected chi connectivity index (χ0v) is 8.63. The van der Waals surface area contributed by atoms with Crippen molar-refractivity contribution in [2.45, 2.75) is 6.92 Å². The van der Waals surface area contributed by atoms with Gasteiger partial charge in [0.05, 0.1) is 11.7 Å². The number of hydrogen-bond donors (Lipinski definition) is 0. The van der Waals surface area contributed by atoms with Gasteiger partial charge in [-0.25, -0.2) is 0 Å². The van der Waals surface area contributed by atoms with E-state index in [1.165, 1.54) is 4.88 Å². The highest BCUT2D eigenvalue weighted by Crippen LogP contribution is 2.28. The van der Waals surface area contributed by atoms with Gasteiger partial charge in [-0.1, -0.05) is 11.6 Å². The summed E-state index contributed by atoms with van der Waals surface area (Å²) in [5.74, 6) is 0. The van der Waals surface area contributed by atoms with Crippen molar-refractivity contribution in [3.8, 4) is 11.3 Å². The molecule has 5 heteroatoms. The zero-order valence-electron chi connectivity index (χ0n) is 6.24. The summed E-state index contributed by atoms with van der Waals surface area (Å²) in [6.07, 6.45) is 0. The van der Waals surface area contributed by atoms with E-state index in [0.29, 0.717) is 5.15 Å². The van der Waals surface area contributed by atoms with Gasteiger partial charge in [0.15, 0.2) is 5.15 Å². The van der Waals surface area contributed by atoms with Gasteiger partial charge in [0, 0.05) is 15.8 Å². The lowest BCUT2D eigenvalue weighted by atomic mass is 10.2. The van der Waals surface area contributed by atoms with Gasteiger partial charge in [0.25, 0.3) is 0 Å². The quantitative estimate of drug-likeness (QED) is 0.732. The molecule has 0 unspecified atom stereocenters. The van der Waals surface area contributed by atoms with Crippen molar-refractivity contribution in [2.75, 3.05) is 0 Å². The summed E-state index contributed by atoms with van der Waals surface area (Å²) in [5, 5.41) is 2.54. The summed E-state index contributed by atoms with van der Waals surface area (Å²) in [6, 6.07) is 2.06. The smallest absolute Gasteiger partial charge is 0.170 e. The fraction of sp³-hybridized carbons (Fsp3) is 0.143. The first kappa shape index (κ1) is 8.16. The zero-order chi connectivity index (χ0) is 8.55. The molecule has 0 radical (unpaired) electrons. The van der Waals surface area contributed by atoms with E-state index in [1.54, 1.807) is 11.3 Å². The summed E-state index contributed by atoms with van der Waals surface area (Å²) in [4.78, 5) is 1.26. The van der Waals surface area contributed by atoms with Crippen LogP contribution in [0.15, 0.2) is 11.4 Å². The maximum absolute atomic E-state index is 5.83. The fourth-order valence-electron chi connectivity index (χ4n) is 0.917. The van der Waals surface area contributed by atoms with Gasteiger partial charge in [-0.15, -0.1) is 11.3 Å². The van der Waals surface area contributed by atoms with Crippen LogP contribution in [0.1, 0.15) is 4.88 Å². The molecule has 0 atom stereocenters. The third-order valence-electron chi connectivity index (χ3n) is 1.45. The lowest BCUT2D eigenvalue weighted by Crippen LogP contribution is -1.72. The lowest BCUT2D eigenvalue weighted by molar-refractivity contribution is 1.50. The molecule has 0 aliphatic heterocycles. The van der Waals surface area contributed by atoms with E-state index >= 15 is 0 Å². The van der Waals surface area contributed by atoms with Gasteiger partial charge >= 0.3 is 0 Å². The van der Waals surface area contributed by atoms with Crippen LogP contribution in [0.5, 0.6) is 0 Å². The predicted octanol–water partition coefficient (Wildman–Crippen LogP) is 3.23. The van der Waals surface area contributed by atoms with E-state index < -0.39 is 0 Å². The molecule has 0 aliphatic rings. The van der Waals surface area contributed by atoms with E-state index in [0.717, 1.165) is 23.0 Å². The highest BCUT2D eigenvalue weighted by atomic mass is 35.5. The Morgan fingerprint density at radius 1 is 1.42 bits per heavy atom. The Hall–Kier alpha value is -0.450. The molecule has 12 heavy (non-hydrogen) atoms. The molecule has 2 heterocycles. The van der Waals surface area contributed by atoms with Crippen molar-refractivity contribution in [1.29, 1.82) is 0 Å². The molecular formula is C7H5ClN2S2. The Labute approximate surface area is 83.2 Å². The van der Waals surface area contributed by atoms with Gasteiger partial charge in [-0.3, -0.25) is 0 Å². The second kappa shape index (κ2) is 3.12.